The highest BCUT2D eigenvalue weighted by Crippen LogP contribution is 2.38. The lowest BCUT2D eigenvalue weighted by Crippen LogP contribution is -2.37. The minimum absolute atomic E-state index is 0.0797. The van der Waals surface area contributed by atoms with Crippen LogP contribution in [0.15, 0.2) is 0 Å². The van der Waals surface area contributed by atoms with Gasteiger partial charge in [0.05, 0.1) is 0 Å². The highest BCUT2D eigenvalue weighted by atomic mass is 127. The van der Waals surface area contributed by atoms with Gasteiger partial charge in [-0.05, 0) is 50.8 Å². The van der Waals surface area contributed by atoms with Crippen molar-refractivity contribution in [2.75, 3.05) is 6.16 Å². The van der Waals surface area contributed by atoms with Crippen molar-refractivity contribution >= 4 is 34.4 Å². The lowest BCUT2D eigenvalue weighted by Gasteiger charge is -2.36. The molecule has 4 heteroatoms. The maximum absolute atomic E-state index is 10.3. The van der Waals surface area contributed by atoms with E-state index in [2.05, 4.69) is 44.2 Å². The van der Waals surface area contributed by atoms with Gasteiger partial charge in [0.1, 0.15) is 6.23 Å². The Morgan fingerprint density at radius 2 is 1.76 bits per heavy atom. The van der Waals surface area contributed by atoms with Crippen molar-refractivity contribution in [2.24, 2.45) is 23.7 Å². The van der Waals surface area contributed by atoms with Crippen molar-refractivity contribution in [3.8, 4) is 0 Å². The molecule has 0 radical (unpaired) electrons. The van der Waals surface area contributed by atoms with Crippen LogP contribution in [0, 0.1) is 23.7 Å². The van der Waals surface area contributed by atoms with Gasteiger partial charge < -0.3 is 5.11 Å². The topological polar surface area (TPSA) is 23.2 Å². The van der Waals surface area contributed by atoms with Gasteiger partial charge in [-0.25, -0.2) is 0 Å². The number of rotatable bonds is 8. The van der Waals surface area contributed by atoms with Crippen LogP contribution in [-0.4, -0.2) is 24.7 Å². The minimum Gasteiger partial charge on any atom is -0.377 e. The summed E-state index contributed by atoms with van der Waals surface area (Å²) >= 11 is 0.0797. The molecule has 0 fully saturated rings. The zero-order valence-corrected chi connectivity index (χ0v) is 14.7. The van der Waals surface area contributed by atoms with Gasteiger partial charge in [-0.3, -0.25) is 0 Å². The van der Waals surface area contributed by atoms with E-state index < -0.39 is 0 Å². The summed E-state index contributed by atoms with van der Waals surface area (Å²) in [6.45, 7) is 9.14. The number of aliphatic hydroxyl groups is 1. The molecule has 7 atom stereocenters. The Bertz CT molecular complexity index is 256. The Kier molecular flexibility index (Phi) is 7.08. The molecule has 0 amide bonds. The molecule has 0 aliphatic carbocycles. The molecule has 1 aliphatic rings. The van der Waals surface area contributed by atoms with Crippen LogP contribution in [0.4, 0.5) is 0 Å². The Labute approximate surface area is 119 Å². The number of hydrogen-bond donors (Lipinski definition) is 1. The third-order valence-electron chi connectivity index (χ3n) is 4.20. The summed E-state index contributed by atoms with van der Waals surface area (Å²) in [5, 5.41) is 10.3. The van der Waals surface area contributed by atoms with Gasteiger partial charge in [0, 0.05) is 4.14 Å². The van der Waals surface area contributed by atoms with Gasteiger partial charge in [0.25, 0.3) is 0 Å². The highest BCUT2D eigenvalue weighted by Gasteiger charge is 2.35. The molecule has 0 saturated carbocycles. The van der Waals surface area contributed by atoms with Gasteiger partial charge in [-0.15, -0.1) is 9.24 Å². The van der Waals surface area contributed by atoms with E-state index in [-0.39, 0.29) is 27.2 Å². The van der Waals surface area contributed by atoms with Gasteiger partial charge in [0.2, 0.25) is 0 Å². The zero-order chi connectivity index (χ0) is 13.0. The van der Waals surface area contributed by atoms with E-state index in [1.165, 1.54) is 19.0 Å². The van der Waals surface area contributed by atoms with E-state index in [1.54, 1.807) is 0 Å². The summed E-state index contributed by atoms with van der Waals surface area (Å²) in [5.41, 5.74) is 0. The van der Waals surface area contributed by atoms with Crippen LogP contribution in [0.25, 0.3) is 0 Å². The fraction of sp³-hybridized carbons (Fsp3) is 0.923. The normalized spacial score (nSPS) is 27.8. The molecule has 102 valence electrons. The molecule has 17 heavy (non-hydrogen) atoms. The van der Waals surface area contributed by atoms with E-state index in [4.69, 9.17) is 0 Å². The Hall–Kier alpha value is 0.950. The Morgan fingerprint density at radius 1 is 1.24 bits per heavy atom. The SMILES string of the molecule is CCC(C(C)CP)C(CC)C(C)C(O)N1C=I1. The number of aliphatic hydroxyl groups excluding tert-OH is 1. The molecular formula is C13H27INOP. The van der Waals surface area contributed by atoms with Crippen molar-refractivity contribution in [2.45, 2.75) is 46.8 Å². The van der Waals surface area contributed by atoms with E-state index in [1.807, 2.05) is 0 Å². The summed E-state index contributed by atoms with van der Waals surface area (Å²) in [4.78, 5) is 0. The lowest BCUT2D eigenvalue weighted by atomic mass is 9.73. The molecule has 1 aliphatic heterocycles. The van der Waals surface area contributed by atoms with E-state index in [0.717, 1.165) is 11.8 Å². The second-order valence-electron chi connectivity index (χ2n) is 5.17. The lowest BCUT2D eigenvalue weighted by molar-refractivity contribution is 0.0140. The molecule has 0 aromatic rings. The minimum atomic E-state index is -0.224. The first-order chi connectivity index (χ1) is 8.06. The maximum Gasteiger partial charge on any atom is 0.122 e. The van der Waals surface area contributed by atoms with Gasteiger partial charge in [0.15, 0.2) is 0 Å². The fourth-order valence-electron chi connectivity index (χ4n) is 2.95. The molecule has 0 aromatic heterocycles. The Balaban J connectivity index is 2.65. The number of halogens is 1. The van der Waals surface area contributed by atoms with E-state index >= 15 is 0 Å². The van der Waals surface area contributed by atoms with Crippen molar-refractivity contribution in [1.29, 1.82) is 0 Å². The molecule has 1 N–H and O–H groups in total. The van der Waals surface area contributed by atoms with Gasteiger partial charge >= 0.3 is 0 Å². The molecule has 1 rings (SSSR count). The van der Waals surface area contributed by atoms with Crippen molar-refractivity contribution in [3.05, 3.63) is 0 Å². The average molecular weight is 371 g/mol. The van der Waals surface area contributed by atoms with Crippen LogP contribution in [-0.2, 0) is 0 Å². The smallest absolute Gasteiger partial charge is 0.122 e. The second-order valence-corrected chi connectivity index (χ2v) is 7.87. The number of hydrogen-bond acceptors (Lipinski definition) is 2. The molecule has 2 nitrogen and oxygen atoms in total. The van der Waals surface area contributed by atoms with Crippen LogP contribution in [0.3, 0.4) is 0 Å². The monoisotopic (exact) mass is 371 g/mol. The summed E-state index contributed by atoms with van der Waals surface area (Å²) in [7, 11) is 2.87. The third-order valence-corrected chi connectivity index (χ3v) is 6.72. The van der Waals surface area contributed by atoms with Crippen LogP contribution in [0.1, 0.15) is 40.5 Å². The Morgan fingerprint density at radius 3 is 2.12 bits per heavy atom. The van der Waals surface area contributed by atoms with Crippen LogP contribution >= 0.6 is 30.2 Å². The predicted octanol–water partition coefficient (Wildman–Crippen LogP) is 3.47. The largest absolute Gasteiger partial charge is 0.377 e. The highest BCUT2D eigenvalue weighted by molar-refractivity contribution is 14.2. The molecule has 0 aromatic carbocycles. The standard InChI is InChI=1S/C13H27INOP/c1-5-11(9(3)7-17)12(6-2)10(4)13(16)15-8-14-15/h8-13,16H,5-7,17H2,1-4H3. The summed E-state index contributed by atoms with van der Waals surface area (Å²) in [6, 6.07) is 0. The first kappa shape index (κ1) is 16.0. The molecular weight excluding hydrogens is 344 g/mol. The first-order valence-electron chi connectivity index (χ1n) is 6.70. The third kappa shape index (κ3) is 4.22. The molecule has 0 saturated heterocycles. The average Bonchev–Trinajstić information content (AvgIpc) is 3.17. The van der Waals surface area contributed by atoms with Crippen molar-refractivity contribution < 1.29 is 5.11 Å². The van der Waals surface area contributed by atoms with Crippen LogP contribution < -0.4 is 0 Å². The van der Waals surface area contributed by atoms with Crippen LogP contribution in [0.2, 0.25) is 0 Å². The van der Waals surface area contributed by atoms with Gasteiger partial charge in [-0.1, -0.05) is 40.5 Å². The quantitative estimate of drug-likeness (QED) is 0.401. The first-order valence-corrected chi connectivity index (χ1v) is 9.72. The summed E-state index contributed by atoms with van der Waals surface area (Å²) < 4.78 is 4.34. The zero-order valence-electron chi connectivity index (χ0n) is 11.4. The fourth-order valence-corrected chi connectivity index (χ4v) is 4.61. The molecule has 7 unspecified atom stereocenters. The van der Waals surface area contributed by atoms with E-state index in [0.29, 0.717) is 11.8 Å². The van der Waals surface area contributed by atoms with Crippen molar-refractivity contribution in [3.63, 3.8) is 0 Å². The van der Waals surface area contributed by atoms with E-state index in [9.17, 15) is 5.11 Å². The van der Waals surface area contributed by atoms with Gasteiger partial charge in [-0.2, -0.15) is 3.11 Å². The molecule has 1 heterocycles. The molecule has 0 spiro atoms. The maximum atomic E-state index is 10.3. The van der Waals surface area contributed by atoms with Crippen LogP contribution in [0.5, 0.6) is 0 Å². The second kappa shape index (κ2) is 7.52. The predicted molar refractivity (Wildman–Crippen MR) is 88.4 cm³/mol. The summed E-state index contributed by atoms with van der Waals surface area (Å²) in [5.74, 6) is 2.50. The summed E-state index contributed by atoms with van der Waals surface area (Å²) in [6.07, 6.45) is 3.35. The number of nitrogens with zero attached hydrogens (tertiary/aromatic N) is 1. The molecule has 0 bridgehead atoms. The van der Waals surface area contributed by atoms with Crippen molar-refractivity contribution in [1.82, 2.24) is 3.11 Å².